The van der Waals surface area contributed by atoms with Crippen molar-refractivity contribution in [2.45, 2.75) is 33.8 Å². The number of carbonyl (C=O) groups is 1. The van der Waals surface area contributed by atoms with E-state index in [1.807, 2.05) is 27.7 Å². The molecule has 0 spiro atoms. The average molecular weight is 222 g/mol. The van der Waals surface area contributed by atoms with Crippen LogP contribution in [0.5, 0.6) is 5.75 Å². The molecule has 0 aliphatic rings. The van der Waals surface area contributed by atoms with Crippen LogP contribution in [0.1, 0.15) is 35.3 Å². The van der Waals surface area contributed by atoms with Crippen LogP contribution in [0.15, 0.2) is 12.1 Å². The molecule has 0 saturated heterocycles. The molecule has 1 aromatic rings. The first kappa shape index (κ1) is 12.6. The molecule has 0 atom stereocenters. The monoisotopic (exact) mass is 222 g/mol. The third-order valence-corrected chi connectivity index (χ3v) is 2.52. The van der Waals surface area contributed by atoms with Gasteiger partial charge in [0.25, 0.3) is 0 Å². The third-order valence-electron chi connectivity index (χ3n) is 2.52. The van der Waals surface area contributed by atoms with E-state index < -0.39 is 0 Å². The zero-order chi connectivity index (χ0) is 12.3. The molecule has 16 heavy (non-hydrogen) atoms. The second-order valence-corrected chi connectivity index (χ2v) is 4.02. The summed E-state index contributed by atoms with van der Waals surface area (Å²) in [4.78, 5) is 11.8. The minimum absolute atomic E-state index is 0.102. The molecule has 0 unspecified atom stereocenters. The van der Waals surface area contributed by atoms with Gasteiger partial charge in [0.15, 0.2) is 0 Å². The van der Waals surface area contributed by atoms with Gasteiger partial charge < -0.3 is 9.47 Å². The van der Waals surface area contributed by atoms with Gasteiger partial charge in [-0.1, -0.05) is 0 Å². The molecule has 0 radical (unpaired) electrons. The van der Waals surface area contributed by atoms with E-state index in [9.17, 15) is 4.79 Å². The van der Waals surface area contributed by atoms with Gasteiger partial charge in [-0.15, -0.1) is 0 Å². The summed E-state index contributed by atoms with van der Waals surface area (Å²) in [5, 5.41) is 0. The van der Waals surface area contributed by atoms with Crippen LogP contribution in [-0.4, -0.2) is 19.2 Å². The standard InChI is InChI=1S/C13H18O3/c1-8(2)16-13(14)11-6-7-12(15-5)10(4)9(11)3/h6-8H,1-5H3. The highest BCUT2D eigenvalue weighted by Crippen LogP contribution is 2.24. The van der Waals surface area contributed by atoms with Crippen molar-refractivity contribution in [2.75, 3.05) is 7.11 Å². The molecule has 0 aliphatic carbocycles. The number of carbonyl (C=O) groups excluding carboxylic acids is 1. The second-order valence-electron chi connectivity index (χ2n) is 4.02. The Labute approximate surface area is 96.4 Å². The summed E-state index contributed by atoms with van der Waals surface area (Å²) >= 11 is 0. The molecule has 0 amide bonds. The lowest BCUT2D eigenvalue weighted by Gasteiger charge is -2.13. The van der Waals surface area contributed by atoms with Crippen LogP contribution in [0.4, 0.5) is 0 Å². The molecule has 0 heterocycles. The molecule has 3 nitrogen and oxygen atoms in total. The van der Waals surface area contributed by atoms with Crippen molar-refractivity contribution < 1.29 is 14.3 Å². The summed E-state index contributed by atoms with van der Waals surface area (Å²) in [6.45, 7) is 7.50. The second kappa shape index (κ2) is 5.01. The van der Waals surface area contributed by atoms with Crippen molar-refractivity contribution in [1.29, 1.82) is 0 Å². The van der Waals surface area contributed by atoms with Gasteiger partial charge in [0.1, 0.15) is 5.75 Å². The maximum Gasteiger partial charge on any atom is 0.338 e. The van der Waals surface area contributed by atoms with Crippen LogP contribution in [0.2, 0.25) is 0 Å². The Kier molecular flexibility index (Phi) is 3.93. The van der Waals surface area contributed by atoms with E-state index in [4.69, 9.17) is 9.47 Å². The number of methoxy groups -OCH3 is 1. The highest BCUT2D eigenvalue weighted by Gasteiger charge is 2.15. The summed E-state index contributed by atoms with van der Waals surface area (Å²) in [7, 11) is 1.62. The van der Waals surface area contributed by atoms with Gasteiger partial charge in [0.2, 0.25) is 0 Å². The lowest BCUT2D eigenvalue weighted by Crippen LogP contribution is -2.13. The number of hydrogen-bond donors (Lipinski definition) is 0. The number of benzene rings is 1. The Morgan fingerprint density at radius 2 is 1.81 bits per heavy atom. The average Bonchev–Trinajstić information content (AvgIpc) is 2.20. The van der Waals surface area contributed by atoms with Crippen LogP contribution >= 0.6 is 0 Å². The first-order valence-electron chi connectivity index (χ1n) is 5.32. The molecule has 0 fully saturated rings. The largest absolute Gasteiger partial charge is 0.496 e. The summed E-state index contributed by atoms with van der Waals surface area (Å²) in [5.74, 6) is 0.511. The van der Waals surface area contributed by atoms with E-state index in [-0.39, 0.29) is 12.1 Å². The minimum atomic E-state index is -0.279. The van der Waals surface area contributed by atoms with E-state index in [0.717, 1.165) is 16.9 Å². The van der Waals surface area contributed by atoms with Gasteiger partial charge in [0.05, 0.1) is 18.8 Å². The normalized spacial score (nSPS) is 10.4. The fourth-order valence-corrected chi connectivity index (χ4v) is 1.52. The van der Waals surface area contributed by atoms with Crippen LogP contribution in [-0.2, 0) is 4.74 Å². The maximum absolute atomic E-state index is 11.8. The van der Waals surface area contributed by atoms with Gasteiger partial charge in [-0.2, -0.15) is 0 Å². The number of esters is 1. The molecule has 0 bridgehead atoms. The van der Waals surface area contributed by atoms with Gasteiger partial charge >= 0.3 is 5.97 Å². The van der Waals surface area contributed by atoms with Crippen LogP contribution in [0, 0.1) is 13.8 Å². The smallest absolute Gasteiger partial charge is 0.338 e. The molecule has 0 aromatic heterocycles. The van der Waals surface area contributed by atoms with Crippen molar-refractivity contribution in [2.24, 2.45) is 0 Å². The summed E-state index contributed by atoms with van der Waals surface area (Å²) in [5.41, 5.74) is 2.48. The quantitative estimate of drug-likeness (QED) is 0.738. The Morgan fingerprint density at radius 1 is 1.19 bits per heavy atom. The number of rotatable bonds is 3. The van der Waals surface area contributed by atoms with Crippen LogP contribution in [0.25, 0.3) is 0 Å². The van der Waals surface area contributed by atoms with E-state index in [0.29, 0.717) is 5.56 Å². The van der Waals surface area contributed by atoms with Gasteiger partial charge in [0, 0.05) is 0 Å². The van der Waals surface area contributed by atoms with Crippen LogP contribution in [0.3, 0.4) is 0 Å². The molecular weight excluding hydrogens is 204 g/mol. The Morgan fingerprint density at radius 3 is 2.31 bits per heavy atom. The molecule has 0 saturated carbocycles. The Hall–Kier alpha value is -1.51. The first-order chi connectivity index (χ1) is 7.47. The molecular formula is C13H18O3. The molecule has 1 rings (SSSR count). The number of hydrogen-bond acceptors (Lipinski definition) is 3. The zero-order valence-corrected chi connectivity index (χ0v) is 10.5. The van der Waals surface area contributed by atoms with E-state index in [2.05, 4.69) is 0 Å². The van der Waals surface area contributed by atoms with E-state index in [1.54, 1.807) is 19.2 Å². The maximum atomic E-state index is 11.8. The third kappa shape index (κ3) is 2.54. The summed E-state index contributed by atoms with van der Waals surface area (Å²) in [6, 6.07) is 3.53. The van der Waals surface area contributed by atoms with E-state index in [1.165, 1.54) is 0 Å². The highest BCUT2D eigenvalue weighted by molar-refractivity contribution is 5.91. The zero-order valence-electron chi connectivity index (χ0n) is 10.5. The molecule has 1 aromatic carbocycles. The van der Waals surface area contributed by atoms with E-state index >= 15 is 0 Å². The van der Waals surface area contributed by atoms with Crippen molar-refractivity contribution in [3.8, 4) is 5.75 Å². The van der Waals surface area contributed by atoms with Gasteiger partial charge in [-0.05, 0) is 51.0 Å². The fraction of sp³-hybridized carbons (Fsp3) is 0.462. The number of ether oxygens (including phenoxy) is 2. The predicted octanol–water partition coefficient (Wildman–Crippen LogP) is 2.88. The van der Waals surface area contributed by atoms with Crippen molar-refractivity contribution in [1.82, 2.24) is 0 Å². The molecule has 0 N–H and O–H groups in total. The van der Waals surface area contributed by atoms with Gasteiger partial charge in [-0.3, -0.25) is 0 Å². The Bertz CT molecular complexity index is 394. The van der Waals surface area contributed by atoms with Crippen molar-refractivity contribution >= 4 is 5.97 Å². The molecule has 0 aliphatic heterocycles. The van der Waals surface area contributed by atoms with Crippen molar-refractivity contribution in [3.05, 3.63) is 28.8 Å². The summed E-state index contributed by atoms with van der Waals surface area (Å²) in [6.07, 6.45) is -0.102. The Balaban J connectivity index is 3.07. The predicted molar refractivity (Wildman–Crippen MR) is 63.0 cm³/mol. The highest BCUT2D eigenvalue weighted by atomic mass is 16.5. The summed E-state index contributed by atoms with van der Waals surface area (Å²) < 4.78 is 10.4. The SMILES string of the molecule is COc1ccc(C(=O)OC(C)C)c(C)c1C. The molecule has 88 valence electrons. The van der Waals surface area contributed by atoms with Crippen LogP contribution < -0.4 is 4.74 Å². The van der Waals surface area contributed by atoms with Gasteiger partial charge in [-0.25, -0.2) is 4.79 Å². The van der Waals surface area contributed by atoms with Crippen molar-refractivity contribution in [3.63, 3.8) is 0 Å². The minimum Gasteiger partial charge on any atom is -0.496 e. The topological polar surface area (TPSA) is 35.5 Å². The fourth-order valence-electron chi connectivity index (χ4n) is 1.52. The first-order valence-corrected chi connectivity index (χ1v) is 5.32. The lowest BCUT2D eigenvalue weighted by atomic mass is 10.0. The lowest BCUT2D eigenvalue weighted by molar-refractivity contribution is 0.0377. The molecule has 3 heteroatoms.